The molecule has 11 nitrogen and oxygen atoms in total. The summed E-state index contributed by atoms with van der Waals surface area (Å²) in [6.45, 7) is 2.63. The second kappa shape index (κ2) is 10.1. The minimum Gasteiger partial charge on any atom is -0.496 e. The molecule has 2 fully saturated rings. The third-order valence-corrected chi connectivity index (χ3v) is 7.83. The van der Waals surface area contributed by atoms with Crippen LogP contribution in [0.2, 0.25) is 0 Å². The number of aromatic nitrogens is 2. The van der Waals surface area contributed by atoms with Crippen LogP contribution in [0, 0.1) is 12.8 Å². The summed E-state index contributed by atoms with van der Waals surface area (Å²) in [7, 11) is 3.31. The second-order valence-corrected chi connectivity index (χ2v) is 10.3. The lowest BCUT2D eigenvalue weighted by molar-refractivity contribution is -0.144. The molecule has 3 amide bonds. The molecule has 1 saturated carbocycles. The van der Waals surface area contributed by atoms with Gasteiger partial charge in [-0.1, -0.05) is 12.2 Å². The third kappa shape index (κ3) is 4.61. The van der Waals surface area contributed by atoms with Crippen LogP contribution in [-0.4, -0.2) is 87.7 Å². The number of fused-ring (bicyclic) bond motifs is 3. The number of hydrogen-bond acceptors (Lipinski definition) is 7. The molecule has 5 rings (SSSR count). The van der Waals surface area contributed by atoms with Crippen LogP contribution in [0.15, 0.2) is 30.6 Å². The maximum Gasteiger partial charge on any atom is 0.330 e. The van der Waals surface area contributed by atoms with Crippen LogP contribution >= 0.6 is 0 Å². The third-order valence-electron chi connectivity index (χ3n) is 7.83. The van der Waals surface area contributed by atoms with E-state index in [1.807, 2.05) is 31.2 Å². The van der Waals surface area contributed by atoms with E-state index in [0.717, 1.165) is 24.8 Å². The average Bonchev–Trinajstić information content (AvgIpc) is 3.43. The van der Waals surface area contributed by atoms with Crippen LogP contribution in [0.3, 0.4) is 0 Å². The van der Waals surface area contributed by atoms with Gasteiger partial charge in [0.15, 0.2) is 0 Å². The van der Waals surface area contributed by atoms with Crippen molar-refractivity contribution < 1.29 is 29.0 Å². The van der Waals surface area contributed by atoms with Gasteiger partial charge in [0, 0.05) is 31.5 Å². The van der Waals surface area contributed by atoms with Gasteiger partial charge in [-0.15, -0.1) is 0 Å². The molecule has 3 aliphatic rings. The number of urea groups is 1. The second-order valence-electron chi connectivity index (χ2n) is 10.3. The molecular formula is C27H33N5O6. The van der Waals surface area contributed by atoms with Gasteiger partial charge in [-0.3, -0.25) is 4.79 Å². The van der Waals surface area contributed by atoms with E-state index in [1.54, 1.807) is 19.1 Å². The lowest BCUT2D eigenvalue weighted by atomic mass is 10.1. The number of nitrogens with one attached hydrogen (secondary N) is 1. The molecule has 1 aliphatic carbocycles. The van der Waals surface area contributed by atoms with E-state index in [2.05, 4.69) is 15.3 Å². The van der Waals surface area contributed by atoms with Crippen molar-refractivity contribution in [1.29, 1.82) is 0 Å². The average molecular weight is 524 g/mol. The summed E-state index contributed by atoms with van der Waals surface area (Å²) in [5.74, 6) is -0.760. The van der Waals surface area contributed by atoms with Crippen LogP contribution < -0.4 is 14.8 Å². The van der Waals surface area contributed by atoms with E-state index in [1.165, 1.54) is 11.2 Å². The van der Waals surface area contributed by atoms with Crippen LogP contribution in [0.4, 0.5) is 4.79 Å². The smallest absolute Gasteiger partial charge is 0.330 e. The summed E-state index contributed by atoms with van der Waals surface area (Å²) < 4.78 is 11.7. The number of aryl methyl sites for hydroxylation is 1. The fourth-order valence-corrected chi connectivity index (χ4v) is 5.50. The molecule has 4 unspecified atom stereocenters. The predicted octanol–water partition coefficient (Wildman–Crippen LogP) is 2.52. The zero-order chi connectivity index (χ0) is 27.0. The van der Waals surface area contributed by atoms with E-state index in [9.17, 15) is 19.5 Å². The number of amides is 3. The molecule has 2 aliphatic heterocycles. The topological polar surface area (TPSA) is 134 Å². The molecule has 1 aromatic carbocycles. The molecule has 11 heteroatoms. The lowest BCUT2D eigenvalue weighted by Crippen LogP contribution is -2.54. The molecular weight excluding hydrogens is 490 g/mol. The van der Waals surface area contributed by atoms with E-state index in [4.69, 9.17) is 9.47 Å². The summed E-state index contributed by atoms with van der Waals surface area (Å²) >= 11 is 0. The molecule has 0 spiro atoms. The molecule has 3 heterocycles. The Morgan fingerprint density at radius 3 is 2.82 bits per heavy atom. The Bertz CT molecular complexity index is 1300. The van der Waals surface area contributed by atoms with Gasteiger partial charge < -0.3 is 29.7 Å². The highest BCUT2D eigenvalue weighted by atomic mass is 16.5. The van der Waals surface area contributed by atoms with Crippen molar-refractivity contribution in [2.45, 2.75) is 56.7 Å². The Labute approximate surface area is 220 Å². The SMILES string of the molecule is COc1ccc2c(OC3CC4C(=O)NC5(C(=O)O)CC5/C=C/CCCCN(C)C(=O)N4C3)ncnc2c1C. The standard InChI is InChI=1S/C27H33N5O6/c1-16-21(37-3)10-9-19-22(16)28-15-29-24(19)38-18-12-20-23(33)30-27(25(34)35)13-17(27)8-6-4-5-7-11-31(2)26(36)32(20)14-18/h6,8-10,15,17-18,20H,4-5,7,11-14H2,1-3H3,(H,30,33)(H,34,35)/b8-6+. The number of carbonyl (C=O) groups is 3. The summed E-state index contributed by atoms with van der Waals surface area (Å²) in [4.78, 5) is 50.8. The number of aliphatic carboxylic acids is 1. The zero-order valence-electron chi connectivity index (χ0n) is 21.8. The number of nitrogens with zero attached hydrogens (tertiary/aromatic N) is 4. The Morgan fingerprint density at radius 2 is 2.05 bits per heavy atom. The fourth-order valence-electron chi connectivity index (χ4n) is 5.50. The number of methoxy groups -OCH3 is 1. The van der Waals surface area contributed by atoms with Gasteiger partial charge in [-0.2, -0.15) is 0 Å². The number of rotatable bonds is 4. The Morgan fingerprint density at radius 1 is 1.24 bits per heavy atom. The first-order valence-electron chi connectivity index (χ1n) is 12.9. The number of benzene rings is 1. The highest BCUT2D eigenvalue weighted by Crippen LogP contribution is 2.45. The predicted molar refractivity (Wildman–Crippen MR) is 138 cm³/mol. The molecule has 2 N–H and O–H groups in total. The summed E-state index contributed by atoms with van der Waals surface area (Å²) in [6, 6.07) is 2.50. The van der Waals surface area contributed by atoms with Crippen molar-refractivity contribution >= 4 is 28.8 Å². The molecule has 0 bridgehead atoms. The van der Waals surface area contributed by atoms with Crippen molar-refractivity contribution in [3.8, 4) is 11.6 Å². The van der Waals surface area contributed by atoms with Gasteiger partial charge in [0.25, 0.3) is 0 Å². The number of carboxylic acid groups (broad SMARTS) is 1. The van der Waals surface area contributed by atoms with Crippen molar-refractivity contribution in [2.75, 3.05) is 27.2 Å². The van der Waals surface area contributed by atoms with Gasteiger partial charge >= 0.3 is 12.0 Å². The lowest BCUT2D eigenvalue weighted by Gasteiger charge is -2.29. The molecule has 1 aromatic heterocycles. The summed E-state index contributed by atoms with van der Waals surface area (Å²) in [5.41, 5.74) is 0.205. The molecule has 38 heavy (non-hydrogen) atoms. The summed E-state index contributed by atoms with van der Waals surface area (Å²) in [5, 5.41) is 13.4. The van der Waals surface area contributed by atoms with E-state index < -0.39 is 29.6 Å². The van der Waals surface area contributed by atoms with Gasteiger partial charge in [0.2, 0.25) is 11.8 Å². The Balaban J connectivity index is 1.42. The Kier molecular flexibility index (Phi) is 6.85. The Hall–Kier alpha value is -3.89. The summed E-state index contributed by atoms with van der Waals surface area (Å²) in [6.07, 6.45) is 7.80. The first kappa shape index (κ1) is 25.7. The van der Waals surface area contributed by atoms with E-state index in [0.29, 0.717) is 35.5 Å². The largest absolute Gasteiger partial charge is 0.496 e. The van der Waals surface area contributed by atoms with Gasteiger partial charge in [0.1, 0.15) is 29.8 Å². The van der Waals surface area contributed by atoms with Crippen molar-refractivity contribution in [2.24, 2.45) is 5.92 Å². The zero-order valence-corrected chi connectivity index (χ0v) is 21.8. The van der Waals surface area contributed by atoms with Gasteiger partial charge in [0.05, 0.1) is 24.6 Å². The number of carboxylic acids is 1. The highest BCUT2D eigenvalue weighted by molar-refractivity contribution is 5.94. The first-order chi connectivity index (χ1) is 18.2. The first-order valence-corrected chi connectivity index (χ1v) is 12.9. The van der Waals surface area contributed by atoms with Crippen LogP contribution in [0.1, 0.15) is 37.7 Å². The molecule has 4 atom stereocenters. The number of hydrogen-bond donors (Lipinski definition) is 2. The van der Waals surface area contributed by atoms with Crippen LogP contribution in [0.5, 0.6) is 11.6 Å². The highest BCUT2D eigenvalue weighted by Gasteiger charge is 2.61. The van der Waals surface area contributed by atoms with Crippen LogP contribution in [-0.2, 0) is 9.59 Å². The molecule has 2 aromatic rings. The van der Waals surface area contributed by atoms with Crippen LogP contribution in [0.25, 0.3) is 10.9 Å². The molecule has 202 valence electrons. The number of allylic oxidation sites excluding steroid dienone is 1. The van der Waals surface area contributed by atoms with E-state index >= 15 is 0 Å². The normalized spacial score (nSPS) is 28.7. The minimum absolute atomic E-state index is 0.172. The van der Waals surface area contributed by atoms with Crippen molar-refractivity contribution in [3.05, 3.63) is 36.2 Å². The van der Waals surface area contributed by atoms with E-state index in [-0.39, 0.29) is 24.9 Å². The maximum atomic E-state index is 13.5. The number of carbonyl (C=O) groups excluding carboxylic acids is 2. The van der Waals surface area contributed by atoms with Crippen molar-refractivity contribution in [1.82, 2.24) is 25.1 Å². The quantitative estimate of drug-likeness (QED) is 0.584. The number of ether oxygens (including phenoxy) is 2. The molecule has 0 radical (unpaired) electrons. The van der Waals surface area contributed by atoms with Gasteiger partial charge in [-0.25, -0.2) is 19.6 Å². The fraction of sp³-hybridized carbons (Fsp3) is 0.519. The van der Waals surface area contributed by atoms with Crippen molar-refractivity contribution in [3.63, 3.8) is 0 Å². The maximum absolute atomic E-state index is 13.5. The monoisotopic (exact) mass is 523 g/mol. The minimum atomic E-state index is -1.34. The van der Waals surface area contributed by atoms with Gasteiger partial charge in [-0.05, 0) is 44.7 Å². The molecule has 1 saturated heterocycles.